The quantitative estimate of drug-likeness (QED) is 0.908. The second-order valence-corrected chi connectivity index (χ2v) is 5.57. The van der Waals surface area contributed by atoms with Crippen molar-refractivity contribution in [2.24, 2.45) is 11.7 Å². The monoisotopic (exact) mass is 284 g/mol. The largest absolute Gasteiger partial charge is 0.337 e. The van der Waals surface area contributed by atoms with Crippen LogP contribution in [-0.2, 0) is 0 Å². The normalized spacial score (nSPS) is 15.7. The number of carbonyl (C=O) groups excluding carboxylic acids is 1. The number of aromatic nitrogens is 2. The molecule has 1 aliphatic carbocycles. The van der Waals surface area contributed by atoms with Crippen LogP contribution >= 0.6 is 0 Å². The lowest BCUT2D eigenvalue weighted by Crippen LogP contribution is -2.43. The van der Waals surface area contributed by atoms with Gasteiger partial charge in [-0.15, -0.1) is 0 Å². The lowest BCUT2D eigenvalue weighted by atomic mass is 10.1. The average molecular weight is 284 g/mol. The summed E-state index contributed by atoms with van der Waals surface area (Å²) in [4.78, 5) is 14.3. The Hall–Kier alpha value is -2.14. The predicted molar refractivity (Wildman–Crippen MR) is 81.2 cm³/mol. The number of hydrogen-bond donors (Lipinski definition) is 1. The fourth-order valence-electron chi connectivity index (χ4n) is 2.66. The highest BCUT2D eigenvalue weighted by Gasteiger charge is 2.35. The summed E-state index contributed by atoms with van der Waals surface area (Å²) in [5.41, 5.74) is 7.35. The third-order valence-electron chi connectivity index (χ3n) is 4.08. The lowest BCUT2D eigenvalue weighted by molar-refractivity contribution is 0.0718. The fourth-order valence-corrected chi connectivity index (χ4v) is 2.66. The summed E-state index contributed by atoms with van der Waals surface area (Å²) in [6, 6.07) is 9.89. The van der Waals surface area contributed by atoms with Gasteiger partial charge in [0, 0.05) is 25.8 Å². The van der Waals surface area contributed by atoms with Gasteiger partial charge in [0.25, 0.3) is 5.91 Å². The van der Waals surface area contributed by atoms with E-state index in [0.717, 1.165) is 5.69 Å². The van der Waals surface area contributed by atoms with Crippen molar-refractivity contribution in [2.45, 2.75) is 18.9 Å². The van der Waals surface area contributed by atoms with E-state index in [9.17, 15) is 4.79 Å². The second-order valence-electron chi connectivity index (χ2n) is 5.57. The van der Waals surface area contributed by atoms with Crippen molar-refractivity contribution in [3.05, 3.63) is 48.3 Å². The third kappa shape index (κ3) is 2.83. The van der Waals surface area contributed by atoms with Crippen LogP contribution in [0.5, 0.6) is 0 Å². The molecule has 1 heterocycles. The van der Waals surface area contributed by atoms with E-state index < -0.39 is 0 Å². The van der Waals surface area contributed by atoms with Gasteiger partial charge in [0.2, 0.25) is 0 Å². The van der Waals surface area contributed by atoms with Crippen molar-refractivity contribution < 1.29 is 4.79 Å². The molecule has 2 N–H and O–H groups in total. The molecule has 5 heteroatoms. The van der Waals surface area contributed by atoms with Gasteiger partial charge in [-0.3, -0.25) is 4.79 Å². The summed E-state index contributed by atoms with van der Waals surface area (Å²) in [7, 11) is 1.83. The number of carbonyl (C=O) groups is 1. The maximum absolute atomic E-state index is 12.5. The molecule has 0 spiro atoms. The minimum Gasteiger partial charge on any atom is -0.337 e. The molecule has 1 unspecified atom stereocenters. The Morgan fingerprint density at radius 1 is 1.43 bits per heavy atom. The molecule has 110 valence electrons. The molecule has 0 aliphatic heterocycles. The number of amides is 1. The van der Waals surface area contributed by atoms with E-state index in [0.29, 0.717) is 18.0 Å². The maximum Gasteiger partial charge on any atom is 0.257 e. The predicted octanol–water partition coefficient (Wildman–Crippen LogP) is 1.68. The zero-order valence-corrected chi connectivity index (χ0v) is 12.1. The molecule has 1 aliphatic rings. The summed E-state index contributed by atoms with van der Waals surface area (Å²) >= 11 is 0. The topological polar surface area (TPSA) is 64.2 Å². The van der Waals surface area contributed by atoms with Crippen LogP contribution in [0.15, 0.2) is 42.7 Å². The number of para-hydroxylation sites is 1. The molecule has 5 nitrogen and oxygen atoms in total. The zero-order chi connectivity index (χ0) is 14.8. The smallest absolute Gasteiger partial charge is 0.257 e. The van der Waals surface area contributed by atoms with E-state index >= 15 is 0 Å². The number of nitrogens with zero attached hydrogens (tertiary/aromatic N) is 3. The van der Waals surface area contributed by atoms with E-state index in [2.05, 4.69) is 5.10 Å². The van der Waals surface area contributed by atoms with Gasteiger partial charge in [-0.1, -0.05) is 18.2 Å². The number of benzene rings is 1. The molecule has 1 aromatic carbocycles. The second kappa shape index (κ2) is 5.69. The standard InChI is InChI=1S/C16H20N4O/c1-19(15(9-17)12-7-8-12)16(21)13-10-18-20(11-13)14-5-3-2-4-6-14/h2-6,10-12,15H,7-9,17H2,1H3. The first kappa shape index (κ1) is 13.8. The number of likely N-dealkylation sites (N-methyl/N-ethyl adjacent to an activating group) is 1. The highest BCUT2D eigenvalue weighted by atomic mass is 16.2. The fraction of sp³-hybridized carbons (Fsp3) is 0.375. The van der Waals surface area contributed by atoms with E-state index in [4.69, 9.17) is 5.73 Å². The van der Waals surface area contributed by atoms with Crippen molar-refractivity contribution in [1.29, 1.82) is 0 Å². The van der Waals surface area contributed by atoms with Crippen molar-refractivity contribution >= 4 is 5.91 Å². The van der Waals surface area contributed by atoms with Crippen LogP contribution in [0.4, 0.5) is 0 Å². The summed E-state index contributed by atoms with van der Waals surface area (Å²) in [5.74, 6) is 0.549. The van der Waals surface area contributed by atoms with Gasteiger partial charge >= 0.3 is 0 Å². The molecule has 1 fully saturated rings. The Bertz CT molecular complexity index is 618. The SMILES string of the molecule is CN(C(=O)c1cnn(-c2ccccc2)c1)C(CN)C1CC1. The maximum atomic E-state index is 12.5. The van der Waals surface area contributed by atoms with Crippen molar-refractivity contribution in [2.75, 3.05) is 13.6 Å². The Balaban J connectivity index is 1.77. The van der Waals surface area contributed by atoms with Gasteiger partial charge in [0.1, 0.15) is 0 Å². The minimum absolute atomic E-state index is 0.0143. The molecule has 0 radical (unpaired) electrons. The molecule has 1 atom stereocenters. The number of rotatable bonds is 5. The molecule has 1 amide bonds. The molecule has 1 aromatic heterocycles. The lowest BCUT2D eigenvalue weighted by Gasteiger charge is -2.26. The van der Waals surface area contributed by atoms with E-state index in [1.54, 1.807) is 22.0 Å². The van der Waals surface area contributed by atoms with Crippen LogP contribution in [0, 0.1) is 5.92 Å². The van der Waals surface area contributed by atoms with Crippen molar-refractivity contribution in [3.8, 4) is 5.69 Å². The summed E-state index contributed by atoms with van der Waals surface area (Å²) in [6.07, 6.45) is 5.73. The van der Waals surface area contributed by atoms with Crippen LogP contribution in [0.2, 0.25) is 0 Å². The summed E-state index contributed by atoms with van der Waals surface area (Å²) < 4.78 is 1.72. The van der Waals surface area contributed by atoms with E-state index in [1.165, 1.54) is 12.8 Å². The number of nitrogens with two attached hydrogens (primary N) is 1. The third-order valence-corrected chi connectivity index (χ3v) is 4.08. The van der Waals surface area contributed by atoms with Crippen LogP contribution in [-0.4, -0.2) is 40.2 Å². The van der Waals surface area contributed by atoms with Crippen molar-refractivity contribution in [1.82, 2.24) is 14.7 Å². The van der Waals surface area contributed by atoms with Gasteiger partial charge in [-0.05, 0) is 30.9 Å². The van der Waals surface area contributed by atoms with E-state index in [-0.39, 0.29) is 11.9 Å². The first-order valence-corrected chi connectivity index (χ1v) is 7.28. The van der Waals surface area contributed by atoms with Crippen LogP contribution in [0.3, 0.4) is 0 Å². The highest BCUT2D eigenvalue weighted by Crippen LogP contribution is 2.34. The van der Waals surface area contributed by atoms with Gasteiger partial charge in [0.15, 0.2) is 0 Å². The Labute approximate surface area is 124 Å². The Morgan fingerprint density at radius 2 is 2.14 bits per heavy atom. The average Bonchev–Trinajstić information content (AvgIpc) is 3.23. The molecular weight excluding hydrogens is 264 g/mol. The van der Waals surface area contributed by atoms with Gasteiger partial charge in [0.05, 0.1) is 17.4 Å². The molecule has 3 rings (SSSR count). The number of hydrogen-bond acceptors (Lipinski definition) is 3. The van der Waals surface area contributed by atoms with E-state index in [1.807, 2.05) is 37.4 Å². The molecule has 0 bridgehead atoms. The molecule has 21 heavy (non-hydrogen) atoms. The zero-order valence-electron chi connectivity index (χ0n) is 12.1. The van der Waals surface area contributed by atoms with Gasteiger partial charge in [-0.25, -0.2) is 4.68 Å². The molecule has 1 saturated carbocycles. The molecular formula is C16H20N4O. The van der Waals surface area contributed by atoms with Crippen molar-refractivity contribution in [3.63, 3.8) is 0 Å². The van der Waals surface area contributed by atoms with Crippen LogP contribution < -0.4 is 5.73 Å². The first-order chi connectivity index (χ1) is 10.2. The van der Waals surface area contributed by atoms with Gasteiger partial charge in [-0.2, -0.15) is 5.10 Å². The minimum atomic E-state index is -0.0143. The highest BCUT2D eigenvalue weighted by molar-refractivity contribution is 5.93. The van der Waals surface area contributed by atoms with Crippen LogP contribution in [0.1, 0.15) is 23.2 Å². The van der Waals surface area contributed by atoms with Gasteiger partial charge < -0.3 is 10.6 Å². The molecule has 2 aromatic rings. The molecule has 0 saturated heterocycles. The Morgan fingerprint density at radius 3 is 2.76 bits per heavy atom. The first-order valence-electron chi connectivity index (χ1n) is 7.28. The Kier molecular flexibility index (Phi) is 3.75. The van der Waals surface area contributed by atoms with Crippen LogP contribution in [0.25, 0.3) is 5.69 Å². The summed E-state index contributed by atoms with van der Waals surface area (Å²) in [5, 5.41) is 4.27. The summed E-state index contributed by atoms with van der Waals surface area (Å²) in [6.45, 7) is 0.514.